The predicted octanol–water partition coefficient (Wildman–Crippen LogP) is 4.20. The van der Waals surface area contributed by atoms with Gasteiger partial charge in [0.25, 0.3) is 0 Å². The molecule has 1 unspecified atom stereocenters. The Hall–Kier alpha value is -2.27. The second kappa shape index (κ2) is 7.74. The number of carbonyl (C=O) groups is 1. The van der Waals surface area contributed by atoms with Crippen LogP contribution >= 0.6 is 0 Å². The first kappa shape index (κ1) is 17.5. The van der Waals surface area contributed by atoms with Gasteiger partial charge in [-0.1, -0.05) is 30.3 Å². The van der Waals surface area contributed by atoms with Gasteiger partial charge in [0.05, 0.1) is 6.54 Å². The lowest BCUT2D eigenvalue weighted by molar-refractivity contribution is -0.118. The van der Waals surface area contributed by atoms with Gasteiger partial charge in [0.2, 0.25) is 5.91 Å². The number of anilines is 1. The van der Waals surface area contributed by atoms with Crippen molar-refractivity contribution in [2.75, 3.05) is 11.9 Å². The number of carbonyl (C=O) groups excluding carboxylic acids is 1. The fraction of sp³-hybridized carbons (Fsp3) is 0.350. The van der Waals surface area contributed by atoms with Gasteiger partial charge < -0.3 is 5.32 Å². The van der Waals surface area contributed by atoms with Gasteiger partial charge in [-0.2, -0.15) is 0 Å². The molecule has 0 aliphatic heterocycles. The molecule has 0 radical (unpaired) electrons. The van der Waals surface area contributed by atoms with Crippen molar-refractivity contribution in [3.8, 4) is 0 Å². The van der Waals surface area contributed by atoms with E-state index < -0.39 is 11.6 Å². The molecular formula is C20H22F2N2O. The van der Waals surface area contributed by atoms with E-state index in [2.05, 4.69) is 17.1 Å². The van der Waals surface area contributed by atoms with Crippen LogP contribution in [0.1, 0.15) is 25.3 Å². The van der Waals surface area contributed by atoms with Crippen LogP contribution in [0.5, 0.6) is 0 Å². The number of amides is 1. The van der Waals surface area contributed by atoms with Gasteiger partial charge in [0.1, 0.15) is 11.6 Å². The molecule has 1 saturated carbocycles. The number of hydrogen-bond acceptors (Lipinski definition) is 2. The van der Waals surface area contributed by atoms with Gasteiger partial charge in [-0.3, -0.25) is 9.69 Å². The Labute approximate surface area is 146 Å². The van der Waals surface area contributed by atoms with Gasteiger partial charge in [-0.15, -0.1) is 0 Å². The number of nitrogens with zero attached hydrogens (tertiary/aromatic N) is 1. The Morgan fingerprint density at radius 3 is 2.40 bits per heavy atom. The molecule has 0 heterocycles. The van der Waals surface area contributed by atoms with Crippen molar-refractivity contribution in [3.63, 3.8) is 0 Å². The first-order chi connectivity index (χ1) is 12.0. The summed E-state index contributed by atoms with van der Waals surface area (Å²) in [6, 6.07) is 13.3. The summed E-state index contributed by atoms with van der Waals surface area (Å²) in [5.41, 5.74) is 1.28. The van der Waals surface area contributed by atoms with Crippen LogP contribution in [-0.2, 0) is 11.3 Å². The second-order valence-electron chi connectivity index (χ2n) is 6.67. The zero-order valence-corrected chi connectivity index (χ0v) is 14.2. The zero-order valence-electron chi connectivity index (χ0n) is 14.2. The highest BCUT2D eigenvalue weighted by molar-refractivity contribution is 5.92. The highest BCUT2D eigenvalue weighted by Gasteiger charge is 2.32. The summed E-state index contributed by atoms with van der Waals surface area (Å²) < 4.78 is 26.5. The van der Waals surface area contributed by atoms with Crippen LogP contribution in [0, 0.1) is 17.6 Å². The molecule has 1 aliphatic carbocycles. The van der Waals surface area contributed by atoms with Gasteiger partial charge >= 0.3 is 0 Å². The molecule has 0 saturated heterocycles. The minimum Gasteiger partial charge on any atom is -0.325 e. The van der Waals surface area contributed by atoms with E-state index in [1.54, 1.807) is 0 Å². The van der Waals surface area contributed by atoms with E-state index in [9.17, 15) is 13.6 Å². The van der Waals surface area contributed by atoms with Crippen LogP contribution in [0.25, 0.3) is 0 Å². The molecule has 0 spiro atoms. The predicted molar refractivity (Wildman–Crippen MR) is 94.0 cm³/mol. The van der Waals surface area contributed by atoms with Crippen LogP contribution in [0.4, 0.5) is 14.5 Å². The normalized spacial score (nSPS) is 15.2. The molecular weight excluding hydrogens is 322 g/mol. The molecule has 1 atom stereocenters. The topological polar surface area (TPSA) is 32.3 Å². The zero-order chi connectivity index (χ0) is 17.8. The van der Waals surface area contributed by atoms with E-state index in [1.165, 1.54) is 12.8 Å². The lowest BCUT2D eigenvalue weighted by atomic mass is 10.1. The summed E-state index contributed by atoms with van der Waals surface area (Å²) in [6.07, 6.45) is 2.37. The molecule has 1 amide bonds. The maximum atomic E-state index is 13.3. The van der Waals surface area contributed by atoms with Crippen molar-refractivity contribution in [2.24, 2.45) is 5.92 Å². The standard InChI is InChI=1S/C20H22F2N2O/c1-14(16-7-8-16)24(12-15-5-3-2-4-6-15)13-20(25)23-19-10-17(21)9-18(22)11-19/h2-6,9-11,14,16H,7-8,12-13H2,1H3,(H,23,25). The quantitative estimate of drug-likeness (QED) is 0.816. The third-order valence-electron chi connectivity index (χ3n) is 4.60. The smallest absolute Gasteiger partial charge is 0.238 e. The largest absolute Gasteiger partial charge is 0.325 e. The number of hydrogen-bond donors (Lipinski definition) is 1. The molecule has 3 rings (SSSR count). The molecule has 1 aliphatic rings. The summed E-state index contributed by atoms with van der Waals surface area (Å²) in [6.45, 7) is 2.99. The molecule has 0 bridgehead atoms. The molecule has 0 aromatic heterocycles. The summed E-state index contributed by atoms with van der Waals surface area (Å²) in [5, 5.41) is 2.59. The van der Waals surface area contributed by atoms with Crippen molar-refractivity contribution in [1.29, 1.82) is 0 Å². The highest BCUT2D eigenvalue weighted by Crippen LogP contribution is 2.35. The molecule has 1 N–H and O–H groups in total. The van der Waals surface area contributed by atoms with Gasteiger partial charge in [-0.25, -0.2) is 8.78 Å². The Morgan fingerprint density at radius 2 is 1.80 bits per heavy atom. The first-order valence-corrected chi connectivity index (χ1v) is 8.55. The molecule has 25 heavy (non-hydrogen) atoms. The van der Waals surface area contributed by atoms with E-state index in [0.29, 0.717) is 12.5 Å². The van der Waals surface area contributed by atoms with Crippen molar-refractivity contribution in [1.82, 2.24) is 4.90 Å². The van der Waals surface area contributed by atoms with E-state index in [-0.39, 0.29) is 24.2 Å². The molecule has 5 heteroatoms. The van der Waals surface area contributed by atoms with Crippen molar-refractivity contribution >= 4 is 11.6 Å². The SMILES string of the molecule is CC(C1CC1)N(CC(=O)Nc1cc(F)cc(F)c1)Cc1ccccc1. The molecule has 2 aromatic rings. The molecule has 1 fully saturated rings. The van der Waals surface area contributed by atoms with Crippen molar-refractivity contribution in [2.45, 2.75) is 32.4 Å². The van der Waals surface area contributed by atoms with Gasteiger partial charge in [0, 0.05) is 24.3 Å². The highest BCUT2D eigenvalue weighted by atomic mass is 19.1. The molecule has 132 valence electrons. The molecule has 3 nitrogen and oxygen atoms in total. The minimum atomic E-state index is -0.706. The Kier molecular flexibility index (Phi) is 5.43. The first-order valence-electron chi connectivity index (χ1n) is 8.55. The second-order valence-corrected chi connectivity index (χ2v) is 6.67. The maximum absolute atomic E-state index is 13.3. The Bertz CT molecular complexity index is 711. The summed E-state index contributed by atoms with van der Waals surface area (Å²) >= 11 is 0. The van der Waals surface area contributed by atoms with E-state index in [1.807, 2.05) is 30.3 Å². The van der Waals surface area contributed by atoms with Crippen LogP contribution in [-0.4, -0.2) is 23.4 Å². The fourth-order valence-electron chi connectivity index (χ4n) is 3.05. The van der Waals surface area contributed by atoms with Crippen molar-refractivity contribution < 1.29 is 13.6 Å². The lowest BCUT2D eigenvalue weighted by Crippen LogP contribution is -2.40. The summed E-state index contributed by atoms with van der Waals surface area (Å²) in [4.78, 5) is 14.5. The average Bonchev–Trinajstić information content (AvgIpc) is 3.38. The monoisotopic (exact) mass is 344 g/mol. The number of halogens is 2. The fourth-order valence-corrected chi connectivity index (χ4v) is 3.05. The van der Waals surface area contributed by atoms with Crippen LogP contribution in [0.15, 0.2) is 48.5 Å². The van der Waals surface area contributed by atoms with Gasteiger partial charge in [0.15, 0.2) is 0 Å². The minimum absolute atomic E-state index is 0.140. The Morgan fingerprint density at radius 1 is 1.16 bits per heavy atom. The van der Waals surface area contributed by atoms with E-state index in [4.69, 9.17) is 0 Å². The third kappa shape index (κ3) is 5.10. The Balaban J connectivity index is 1.67. The lowest BCUT2D eigenvalue weighted by Gasteiger charge is -2.28. The van der Waals surface area contributed by atoms with Crippen molar-refractivity contribution in [3.05, 3.63) is 65.7 Å². The molecule has 2 aromatic carbocycles. The number of rotatable bonds is 7. The third-order valence-corrected chi connectivity index (χ3v) is 4.60. The van der Waals surface area contributed by atoms with Crippen LogP contribution in [0.3, 0.4) is 0 Å². The summed E-state index contributed by atoms with van der Waals surface area (Å²) in [7, 11) is 0. The van der Waals surface area contributed by atoms with Gasteiger partial charge in [-0.05, 0) is 43.4 Å². The maximum Gasteiger partial charge on any atom is 0.238 e. The number of nitrogens with one attached hydrogen (secondary N) is 1. The van der Waals surface area contributed by atoms with E-state index >= 15 is 0 Å². The van der Waals surface area contributed by atoms with Crippen LogP contribution < -0.4 is 5.32 Å². The van der Waals surface area contributed by atoms with E-state index in [0.717, 1.165) is 23.8 Å². The number of benzene rings is 2. The summed E-state index contributed by atoms with van der Waals surface area (Å²) in [5.74, 6) is -1.07. The average molecular weight is 344 g/mol. The van der Waals surface area contributed by atoms with Crippen LogP contribution in [0.2, 0.25) is 0 Å².